The minimum Gasteiger partial charge on any atom is -0.310 e. The molecule has 1 aliphatic rings. The van der Waals surface area contributed by atoms with E-state index in [2.05, 4.69) is 6.58 Å². The summed E-state index contributed by atoms with van der Waals surface area (Å²) in [6.07, 6.45) is 4.81. The largest absolute Gasteiger partial charge is 0.324 e. The van der Waals surface area contributed by atoms with Crippen molar-refractivity contribution < 1.29 is 9.46 Å². The molecule has 0 heterocycles. The van der Waals surface area contributed by atoms with Crippen molar-refractivity contribution in [2.75, 3.05) is 0 Å². The molecule has 0 radical (unpaired) electrons. The summed E-state index contributed by atoms with van der Waals surface area (Å²) < 4.78 is 8.46. The highest BCUT2D eigenvalue weighted by Gasteiger charge is 2.15. The van der Waals surface area contributed by atoms with Crippen LogP contribution in [0.1, 0.15) is 12.8 Å². The molecule has 1 aliphatic carbocycles. The van der Waals surface area contributed by atoms with Crippen LogP contribution in [0.15, 0.2) is 12.7 Å². The van der Waals surface area contributed by atoms with E-state index in [4.69, 9.17) is 9.46 Å². The Kier molecular flexibility index (Phi) is 4.82. The third-order valence-electron chi connectivity index (χ3n) is 0.955. The fourth-order valence-corrected chi connectivity index (χ4v) is 0.332. The van der Waals surface area contributed by atoms with Crippen molar-refractivity contribution in [3.8, 4) is 0 Å². The van der Waals surface area contributed by atoms with E-state index in [0.717, 1.165) is 5.92 Å². The second-order valence-corrected chi connectivity index (χ2v) is 1.82. The molecule has 0 unspecified atom stereocenters. The van der Waals surface area contributed by atoms with E-state index in [-0.39, 0.29) is 0 Å². The smallest absolute Gasteiger partial charge is 0.310 e. The molecule has 8 heavy (non-hydrogen) atoms. The highest BCUT2D eigenvalue weighted by molar-refractivity contribution is 7.16. The van der Waals surface area contributed by atoms with Gasteiger partial charge in [0.05, 0.1) is 0 Å². The summed E-state index contributed by atoms with van der Waals surface area (Å²) in [7, 11) is -0.833. The zero-order valence-electron chi connectivity index (χ0n) is 4.58. The summed E-state index contributed by atoms with van der Waals surface area (Å²) in [6, 6.07) is 0. The van der Waals surface area contributed by atoms with Crippen LogP contribution in [0.2, 0.25) is 0 Å². The highest BCUT2D eigenvalue weighted by Crippen LogP contribution is 2.28. The first-order valence-electron chi connectivity index (χ1n) is 2.44. The van der Waals surface area contributed by atoms with Crippen molar-refractivity contribution in [3.05, 3.63) is 12.7 Å². The van der Waals surface area contributed by atoms with Crippen molar-refractivity contribution >= 4 is 8.69 Å². The maximum Gasteiger partial charge on any atom is 0.324 e. The maximum atomic E-state index is 8.46. The minimum atomic E-state index is -0.833. The molecule has 1 saturated carbocycles. The van der Waals surface area contributed by atoms with Crippen LogP contribution in [0.5, 0.6) is 0 Å². The SMILES string of the molecule is C=CC1CC1.O=PO. The molecule has 46 valence electrons. The van der Waals surface area contributed by atoms with E-state index in [9.17, 15) is 0 Å². The van der Waals surface area contributed by atoms with Crippen LogP contribution in [0.3, 0.4) is 0 Å². The van der Waals surface area contributed by atoms with Crippen molar-refractivity contribution in [1.29, 1.82) is 0 Å². The topological polar surface area (TPSA) is 37.3 Å². The quantitative estimate of drug-likeness (QED) is 0.436. The zero-order valence-corrected chi connectivity index (χ0v) is 5.47. The summed E-state index contributed by atoms with van der Waals surface area (Å²) in [5, 5.41) is 0. The van der Waals surface area contributed by atoms with Gasteiger partial charge in [-0.1, -0.05) is 6.08 Å². The van der Waals surface area contributed by atoms with Gasteiger partial charge in [0.1, 0.15) is 0 Å². The highest BCUT2D eigenvalue weighted by atomic mass is 31.1. The first-order chi connectivity index (χ1) is 3.85. The van der Waals surface area contributed by atoms with E-state index in [0.29, 0.717) is 0 Å². The number of rotatable bonds is 1. The van der Waals surface area contributed by atoms with Crippen molar-refractivity contribution in [3.63, 3.8) is 0 Å². The van der Waals surface area contributed by atoms with Crippen LogP contribution in [0, 0.1) is 5.92 Å². The summed E-state index contributed by atoms with van der Waals surface area (Å²) in [6.45, 7) is 3.62. The van der Waals surface area contributed by atoms with Gasteiger partial charge in [-0.25, -0.2) is 4.57 Å². The van der Waals surface area contributed by atoms with Gasteiger partial charge in [-0.2, -0.15) is 0 Å². The number of hydrogen-bond acceptors (Lipinski definition) is 1. The Bertz CT molecular complexity index is 78.5. The molecule has 2 nitrogen and oxygen atoms in total. The van der Waals surface area contributed by atoms with E-state index in [1.54, 1.807) is 0 Å². The second-order valence-electron chi connectivity index (χ2n) is 1.65. The van der Waals surface area contributed by atoms with Gasteiger partial charge in [0, 0.05) is 0 Å². The predicted molar refractivity (Wildman–Crippen MR) is 32.7 cm³/mol. The van der Waals surface area contributed by atoms with Gasteiger partial charge < -0.3 is 4.89 Å². The van der Waals surface area contributed by atoms with E-state index >= 15 is 0 Å². The molecule has 0 aromatic heterocycles. The Morgan fingerprint density at radius 3 is 2.12 bits per heavy atom. The third-order valence-corrected chi connectivity index (χ3v) is 0.955. The average Bonchev–Trinajstić information content (AvgIpc) is 2.48. The van der Waals surface area contributed by atoms with Crippen molar-refractivity contribution in [1.82, 2.24) is 0 Å². The van der Waals surface area contributed by atoms with Gasteiger partial charge in [0.15, 0.2) is 0 Å². The molecule has 0 amide bonds. The molecule has 0 spiro atoms. The van der Waals surface area contributed by atoms with Crippen LogP contribution in [0.4, 0.5) is 0 Å². The second kappa shape index (κ2) is 4.95. The monoisotopic (exact) mass is 132 g/mol. The predicted octanol–water partition coefficient (Wildman–Crippen LogP) is 1.77. The zero-order chi connectivity index (χ0) is 6.41. The first-order valence-corrected chi connectivity index (χ1v) is 3.21. The van der Waals surface area contributed by atoms with Gasteiger partial charge in [0.2, 0.25) is 0 Å². The lowest BCUT2D eigenvalue weighted by atomic mass is 10.4. The molecule has 0 aromatic carbocycles. The summed E-state index contributed by atoms with van der Waals surface area (Å²) >= 11 is 0. The Morgan fingerprint density at radius 1 is 1.75 bits per heavy atom. The van der Waals surface area contributed by atoms with Crippen molar-refractivity contribution in [2.45, 2.75) is 12.8 Å². The third kappa shape index (κ3) is 5.80. The summed E-state index contributed by atoms with van der Waals surface area (Å²) in [5.74, 6) is 0.898. The summed E-state index contributed by atoms with van der Waals surface area (Å²) in [4.78, 5) is 6.99. The van der Waals surface area contributed by atoms with Crippen LogP contribution in [-0.4, -0.2) is 4.89 Å². The van der Waals surface area contributed by atoms with Gasteiger partial charge in [-0.05, 0) is 18.8 Å². The molecule has 0 bridgehead atoms. The molecule has 0 aliphatic heterocycles. The molecular formula is C5H9O2P. The van der Waals surface area contributed by atoms with Crippen LogP contribution >= 0.6 is 8.69 Å². The standard InChI is InChI=1S/C5H8.HO2P/c1-2-5-3-4-5;1-3-2/h2,5H,1,3-4H2;(H,1,2). The van der Waals surface area contributed by atoms with Crippen LogP contribution in [0.25, 0.3) is 0 Å². The average molecular weight is 132 g/mol. The van der Waals surface area contributed by atoms with Gasteiger partial charge in [-0.3, -0.25) is 0 Å². The fraction of sp³-hybridized carbons (Fsp3) is 0.600. The Morgan fingerprint density at radius 2 is 2.12 bits per heavy atom. The van der Waals surface area contributed by atoms with E-state index in [1.807, 2.05) is 6.08 Å². The normalized spacial score (nSPS) is 16.6. The lowest BCUT2D eigenvalue weighted by Gasteiger charge is -1.63. The molecule has 1 rings (SSSR count). The fourth-order valence-electron chi connectivity index (χ4n) is 0.332. The van der Waals surface area contributed by atoms with Gasteiger partial charge >= 0.3 is 8.69 Å². The lowest BCUT2D eigenvalue weighted by Crippen LogP contribution is -1.50. The molecule has 1 fully saturated rings. The van der Waals surface area contributed by atoms with Gasteiger partial charge in [-0.15, -0.1) is 6.58 Å². The number of allylic oxidation sites excluding steroid dienone is 1. The van der Waals surface area contributed by atoms with E-state index in [1.165, 1.54) is 12.8 Å². The number of hydrogen-bond donors (Lipinski definition) is 1. The molecule has 0 aromatic rings. The minimum absolute atomic E-state index is 0.833. The molecule has 3 heteroatoms. The Labute approximate surface area is 50.5 Å². The Hall–Kier alpha value is -0.200. The lowest BCUT2D eigenvalue weighted by molar-refractivity contribution is 0.524. The van der Waals surface area contributed by atoms with Gasteiger partial charge in [0.25, 0.3) is 0 Å². The maximum absolute atomic E-state index is 8.46. The van der Waals surface area contributed by atoms with Crippen LogP contribution < -0.4 is 0 Å². The first kappa shape index (κ1) is 7.80. The van der Waals surface area contributed by atoms with E-state index < -0.39 is 8.69 Å². The molecule has 0 saturated heterocycles. The van der Waals surface area contributed by atoms with Crippen LogP contribution in [-0.2, 0) is 4.57 Å². The molecule has 1 N–H and O–H groups in total. The summed E-state index contributed by atoms with van der Waals surface area (Å²) in [5.41, 5.74) is 0. The Balaban J connectivity index is 0.000000145. The molecular weight excluding hydrogens is 123 g/mol. The van der Waals surface area contributed by atoms with Crippen molar-refractivity contribution in [2.24, 2.45) is 5.92 Å². The molecule has 0 atom stereocenters.